The van der Waals surface area contributed by atoms with Crippen LogP contribution in [0.2, 0.25) is 5.02 Å². The molecule has 0 saturated heterocycles. The van der Waals surface area contributed by atoms with E-state index in [1.54, 1.807) is 12.1 Å². The van der Waals surface area contributed by atoms with Gasteiger partial charge >= 0.3 is 6.18 Å². The molecule has 156 valence electrons. The largest absolute Gasteiger partial charge is 0.476 e. The predicted molar refractivity (Wildman–Crippen MR) is 103 cm³/mol. The monoisotopic (exact) mass is 448 g/mol. The van der Waals surface area contributed by atoms with Crippen LogP contribution >= 0.6 is 11.6 Å². The summed E-state index contributed by atoms with van der Waals surface area (Å²) in [4.78, 5) is 12.6. The van der Waals surface area contributed by atoms with Crippen LogP contribution in [0.5, 0.6) is 5.75 Å². The van der Waals surface area contributed by atoms with Gasteiger partial charge in [-0.25, -0.2) is 8.42 Å². The summed E-state index contributed by atoms with van der Waals surface area (Å²) < 4.78 is 71.2. The number of ether oxygens (including phenoxy) is 1. The fourth-order valence-corrected chi connectivity index (χ4v) is 4.13. The molecule has 29 heavy (non-hydrogen) atoms. The molecule has 0 saturated carbocycles. The average Bonchev–Trinajstić information content (AvgIpc) is 2.67. The predicted octanol–water partition coefficient (Wildman–Crippen LogP) is 3.91. The van der Waals surface area contributed by atoms with Gasteiger partial charge in [-0.05, 0) is 37.3 Å². The average molecular weight is 449 g/mol. The van der Waals surface area contributed by atoms with Crippen molar-refractivity contribution < 1.29 is 31.1 Å². The molecule has 1 N–H and O–H groups in total. The second kappa shape index (κ2) is 7.75. The quantitative estimate of drug-likeness (QED) is 0.769. The van der Waals surface area contributed by atoms with Crippen molar-refractivity contribution in [1.82, 2.24) is 0 Å². The maximum Gasteiger partial charge on any atom is 0.418 e. The molecule has 2 aromatic rings. The normalized spacial score (nSPS) is 16.7. The molecule has 1 aliphatic rings. The first kappa shape index (κ1) is 21.3. The van der Waals surface area contributed by atoms with Gasteiger partial charge in [0.2, 0.25) is 10.0 Å². The first-order valence-electron chi connectivity index (χ1n) is 8.46. The molecule has 2 aromatic carbocycles. The number of alkyl halides is 3. The van der Waals surface area contributed by atoms with Gasteiger partial charge in [0.15, 0.2) is 6.10 Å². The molecule has 6 nitrogen and oxygen atoms in total. The number of nitrogens with zero attached hydrogens (tertiary/aromatic N) is 1. The van der Waals surface area contributed by atoms with Crippen LogP contribution in [0.3, 0.4) is 0 Å². The maximum absolute atomic E-state index is 13.3. The number of hydrogen-bond donors (Lipinski definition) is 1. The van der Waals surface area contributed by atoms with Gasteiger partial charge in [-0.1, -0.05) is 23.7 Å². The molecule has 3 rings (SSSR count). The first-order chi connectivity index (χ1) is 13.5. The van der Waals surface area contributed by atoms with Crippen molar-refractivity contribution in [3.05, 3.63) is 53.1 Å². The Morgan fingerprint density at radius 3 is 2.62 bits per heavy atom. The molecule has 0 unspecified atom stereocenters. The smallest absolute Gasteiger partial charge is 0.418 e. The number of sulfonamides is 1. The van der Waals surface area contributed by atoms with E-state index in [1.807, 2.05) is 0 Å². The zero-order valence-corrected chi connectivity index (χ0v) is 16.6. The van der Waals surface area contributed by atoms with Gasteiger partial charge in [-0.15, -0.1) is 0 Å². The Morgan fingerprint density at radius 1 is 1.28 bits per heavy atom. The van der Waals surface area contributed by atoms with E-state index in [9.17, 15) is 26.4 Å². The Kier molecular flexibility index (Phi) is 5.68. The summed E-state index contributed by atoms with van der Waals surface area (Å²) in [5, 5.41) is 2.03. The molecule has 1 amide bonds. The molecule has 0 radical (unpaired) electrons. The SMILES string of the molecule is CCS(=O)(=O)N1C[C@H](C(=O)Nc2ccc(Cl)cc2C(F)(F)F)Oc2ccccc21. The second-order valence-electron chi connectivity index (χ2n) is 6.18. The number of halogens is 4. The lowest BCUT2D eigenvalue weighted by Crippen LogP contribution is -2.49. The van der Waals surface area contributed by atoms with E-state index >= 15 is 0 Å². The van der Waals surface area contributed by atoms with Gasteiger partial charge in [0, 0.05) is 5.02 Å². The van der Waals surface area contributed by atoms with E-state index in [0.717, 1.165) is 10.4 Å². The van der Waals surface area contributed by atoms with Crippen molar-refractivity contribution in [1.29, 1.82) is 0 Å². The zero-order valence-electron chi connectivity index (χ0n) is 15.0. The van der Waals surface area contributed by atoms with Crippen molar-refractivity contribution in [2.45, 2.75) is 19.2 Å². The summed E-state index contributed by atoms with van der Waals surface area (Å²) in [5.41, 5.74) is -1.35. The summed E-state index contributed by atoms with van der Waals surface area (Å²) >= 11 is 5.64. The van der Waals surface area contributed by atoms with Crippen molar-refractivity contribution >= 4 is 38.9 Å². The van der Waals surface area contributed by atoms with Gasteiger partial charge < -0.3 is 10.1 Å². The van der Waals surface area contributed by atoms with Gasteiger partial charge in [0.05, 0.1) is 29.2 Å². The molecule has 0 aliphatic carbocycles. The lowest BCUT2D eigenvalue weighted by molar-refractivity contribution is -0.137. The highest BCUT2D eigenvalue weighted by Crippen LogP contribution is 2.38. The van der Waals surface area contributed by atoms with E-state index in [0.29, 0.717) is 6.07 Å². The zero-order chi connectivity index (χ0) is 21.4. The minimum Gasteiger partial charge on any atom is -0.476 e. The molecule has 1 aliphatic heterocycles. The summed E-state index contributed by atoms with van der Waals surface area (Å²) in [6, 6.07) is 9.15. The summed E-state index contributed by atoms with van der Waals surface area (Å²) in [6.07, 6.45) is -6.09. The number of anilines is 2. The van der Waals surface area contributed by atoms with Crippen molar-refractivity contribution in [2.75, 3.05) is 21.9 Å². The van der Waals surface area contributed by atoms with Gasteiger partial charge in [0.25, 0.3) is 5.91 Å². The topological polar surface area (TPSA) is 75.7 Å². The number of amides is 1. The van der Waals surface area contributed by atoms with Crippen LogP contribution in [0.25, 0.3) is 0 Å². The number of benzene rings is 2. The van der Waals surface area contributed by atoms with Crippen LogP contribution < -0.4 is 14.4 Å². The number of hydrogen-bond acceptors (Lipinski definition) is 4. The molecule has 0 aromatic heterocycles. The Morgan fingerprint density at radius 2 is 1.97 bits per heavy atom. The van der Waals surface area contributed by atoms with E-state index in [1.165, 1.54) is 25.1 Å². The first-order valence-corrected chi connectivity index (χ1v) is 10.5. The third kappa shape index (κ3) is 4.43. The van der Waals surface area contributed by atoms with Crippen molar-refractivity contribution in [3.63, 3.8) is 0 Å². The molecular formula is C18H16ClF3N2O4S. The van der Waals surface area contributed by atoms with Gasteiger partial charge in [-0.2, -0.15) is 13.2 Å². The fraction of sp³-hybridized carbons (Fsp3) is 0.278. The third-order valence-corrected chi connectivity index (χ3v) is 6.25. The second-order valence-corrected chi connectivity index (χ2v) is 8.80. The Bertz CT molecular complexity index is 1040. The molecular weight excluding hydrogens is 433 g/mol. The number of carbonyl (C=O) groups is 1. The van der Waals surface area contributed by atoms with E-state index in [2.05, 4.69) is 5.32 Å². The van der Waals surface area contributed by atoms with Gasteiger partial charge in [0.1, 0.15) is 5.75 Å². The Balaban J connectivity index is 1.92. The van der Waals surface area contributed by atoms with E-state index in [-0.39, 0.29) is 28.8 Å². The van der Waals surface area contributed by atoms with E-state index < -0.39 is 39.5 Å². The Hall–Kier alpha value is -2.46. The van der Waals surface area contributed by atoms with Crippen LogP contribution in [0.4, 0.5) is 24.5 Å². The van der Waals surface area contributed by atoms with Crippen molar-refractivity contribution in [2.24, 2.45) is 0 Å². The number of rotatable bonds is 4. The summed E-state index contributed by atoms with van der Waals surface area (Å²) in [7, 11) is -3.74. The maximum atomic E-state index is 13.3. The number of fused-ring (bicyclic) bond motifs is 1. The van der Waals surface area contributed by atoms with Crippen LogP contribution in [-0.2, 0) is 21.0 Å². The highest BCUT2D eigenvalue weighted by atomic mass is 35.5. The van der Waals surface area contributed by atoms with Crippen LogP contribution in [0, 0.1) is 0 Å². The summed E-state index contributed by atoms with van der Waals surface area (Å²) in [5.74, 6) is -0.989. The van der Waals surface area contributed by atoms with Crippen LogP contribution in [-0.4, -0.2) is 32.7 Å². The number of nitrogens with one attached hydrogen (secondary N) is 1. The highest BCUT2D eigenvalue weighted by Gasteiger charge is 2.38. The minimum absolute atomic E-state index is 0.140. The molecule has 0 spiro atoms. The molecule has 1 atom stereocenters. The third-order valence-electron chi connectivity index (χ3n) is 4.27. The van der Waals surface area contributed by atoms with Crippen LogP contribution in [0.1, 0.15) is 12.5 Å². The molecule has 11 heteroatoms. The minimum atomic E-state index is -4.74. The lowest BCUT2D eigenvalue weighted by atomic mass is 10.1. The Labute approximate surface area is 170 Å². The summed E-state index contributed by atoms with van der Waals surface area (Å²) in [6.45, 7) is 1.08. The lowest BCUT2D eigenvalue weighted by Gasteiger charge is -2.34. The van der Waals surface area contributed by atoms with E-state index in [4.69, 9.17) is 16.3 Å². The molecule has 0 fully saturated rings. The fourth-order valence-electron chi connectivity index (χ4n) is 2.83. The molecule has 0 bridgehead atoms. The highest BCUT2D eigenvalue weighted by molar-refractivity contribution is 7.92. The van der Waals surface area contributed by atoms with Crippen molar-refractivity contribution in [3.8, 4) is 5.75 Å². The molecule has 1 heterocycles. The van der Waals surface area contributed by atoms with Crippen LogP contribution in [0.15, 0.2) is 42.5 Å². The standard InChI is InChI=1S/C18H16ClF3N2O4S/c1-2-29(26,27)24-10-16(28-15-6-4-3-5-14(15)24)17(25)23-13-8-7-11(19)9-12(13)18(20,21)22/h3-9,16H,2,10H2,1H3,(H,23,25)/t16-/m1/s1. The number of carbonyl (C=O) groups excluding carboxylic acids is 1. The van der Waals surface area contributed by atoms with Gasteiger partial charge in [-0.3, -0.25) is 9.10 Å². The number of para-hydroxylation sites is 2.